The van der Waals surface area contributed by atoms with E-state index in [0.717, 1.165) is 18.2 Å². The van der Waals surface area contributed by atoms with E-state index in [9.17, 15) is 0 Å². The normalized spacial score (nSPS) is 12.4. The van der Waals surface area contributed by atoms with Crippen LogP contribution in [0.3, 0.4) is 0 Å². The lowest BCUT2D eigenvalue weighted by atomic mass is 9.91. The first kappa shape index (κ1) is 15.3. The van der Waals surface area contributed by atoms with E-state index in [1.165, 1.54) is 27.8 Å². The Labute approximate surface area is 131 Å². The molecule has 1 unspecified atom stereocenters. The molecule has 0 aromatic heterocycles. The highest BCUT2D eigenvalue weighted by atomic mass is 79.9. The van der Waals surface area contributed by atoms with Crippen molar-refractivity contribution in [2.75, 3.05) is 5.33 Å². The van der Waals surface area contributed by atoms with Gasteiger partial charge in [-0.25, -0.2) is 0 Å². The Balaban J connectivity index is 2.08. The molecule has 0 saturated carbocycles. The molecule has 2 aromatic rings. The standard InChI is InChI=1S/C19H23Br/c1-14-5-8-17(9-6-14)11-18(13-20)12-19-10-15(2)4-7-16(19)3/h4-10,18H,11-13H2,1-3H3. The molecular weight excluding hydrogens is 308 g/mol. The average molecular weight is 331 g/mol. The van der Waals surface area contributed by atoms with Crippen molar-refractivity contribution < 1.29 is 0 Å². The number of aryl methyl sites for hydroxylation is 3. The maximum atomic E-state index is 3.69. The number of hydrogen-bond donors (Lipinski definition) is 0. The minimum Gasteiger partial charge on any atom is -0.0925 e. The van der Waals surface area contributed by atoms with E-state index < -0.39 is 0 Å². The van der Waals surface area contributed by atoms with Crippen molar-refractivity contribution in [2.45, 2.75) is 33.6 Å². The molecule has 1 atom stereocenters. The SMILES string of the molecule is Cc1ccc(CC(CBr)Cc2cc(C)ccc2C)cc1. The van der Waals surface area contributed by atoms with Gasteiger partial charge in [0.15, 0.2) is 0 Å². The highest BCUT2D eigenvalue weighted by Crippen LogP contribution is 2.20. The molecular formula is C19H23Br. The third-order valence-electron chi connectivity index (χ3n) is 3.88. The van der Waals surface area contributed by atoms with Gasteiger partial charge in [-0.05, 0) is 56.2 Å². The van der Waals surface area contributed by atoms with Crippen LogP contribution in [0.25, 0.3) is 0 Å². The lowest BCUT2D eigenvalue weighted by Crippen LogP contribution is -2.11. The molecule has 0 fully saturated rings. The zero-order valence-corrected chi connectivity index (χ0v) is 14.2. The molecule has 0 aliphatic rings. The van der Waals surface area contributed by atoms with Gasteiger partial charge in [0.2, 0.25) is 0 Å². The summed E-state index contributed by atoms with van der Waals surface area (Å²) in [5, 5.41) is 1.05. The van der Waals surface area contributed by atoms with E-state index >= 15 is 0 Å². The zero-order chi connectivity index (χ0) is 14.5. The average Bonchev–Trinajstić information content (AvgIpc) is 2.44. The van der Waals surface area contributed by atoms with Gasteiger partial charge >= 0.3 is 0 Å². The largest absolute Gasteiger partial charge is 0.0925 e. The molecule has 0 heterocycles. The first-order valence-corrected chi connectivity index (χ1v) is 8.38. The van der Waals surface area contributed by atoms with Gasteiger partial charge in [-0.1, -0.05) is 69.5 Å². The minimum absolute atomic E-state index is 0.651. The zero-order valence-electron chi connectivity index (χ0n) is 12.6. The van der Waals surface area contributed by atoms with Gasteiger partial charge in [0, 0.05) is 5.33 Å². The van der Waals surface area contributed by atoms with Gasteiger partial charge in [-0.15, -0.1) is 0 Å². The van der Waals surface area contributed by atoms with Crippen LogP contribution in [0.5, 0.6) is 0 Å². The number of hydrogen-bond acceptors (Lipinski definition) is 0. The monoisotopic (exact) mass is 330 g/mol. The van der Waals surface area contributed by atoms with Gasteiger partial charge in [-0.2, -0.15) is 0 Å². The van der Waals surface area contributed by atoms with Gasteiger partial charge in [0.1, 0.15) is 0 Å². The molecule has 0 amide bonds. The topological polar surface area (TPSA) is 0 Å². The fraction of sp³-hybridized carbons (Fsp3) is 0.368. The molecule has 0 radical (unpaired) electrons. The minimum atomic E-state index is 0.651. The van der Waals surface area contributed by atoms with Crippen LogP contribution in [0.4, 0.5) is 0 Å². The highest BCUT2D eigenvalue weighted by molar-refractivity contribution is 9.09. The quantitative estimate of drug-likeness (QED) is 0.643. The van der Waals surface area contributed by atoms with Gasteiger partial charge in [0.05, 0.1) is 0 Å². The molecule has 0 nitrogen and oxygen atoms in total. The lowest BCUT2D eigenvalue weighted by Gasteiger charge is -2.16. The number of halogens is 1. The third-order valence-corrected chi connectivity index (χ3v) is 4.79. The molecule has 0 N–H and O–H groups in total. The highest BCUT2D eigenvalue weighted by Gasteiger charge is 2.11. The molecule has 0 bridgehead atoms. The van der Waals surface area contributed by atoms with Gasteiger partial charge < -0.3 is 0 Å². The fourth-order valence-electron chi connectivity index (χ4n) is 2.57. The Hall–Kier alpha value is -1.08. The van der Waals surface area contributed by atoms with Crippen LogP contribution in [0.1, 0.15) is 27.8 Å². The molecule has 20 heavy (non-hydrogen) atoms. The molecule has 106 valence electrons. The molecule has 1 heteroatoms. The summed E-state index contributed by atoms with van der Waals surface area (Å²) in [7, 11) is 0. The summed E-state index contributed by atoms with van der Waals surface area (Å²) in [5.41, 5.74) is 7.02. The van der Waals surface area contributed by atoms with Crippen LogP contribution in [0.2, 0.25) is 0 Å². The maximum absolute atomic E-state index is 3.69. The van der Waals surface area contributed by atoms with Crippen molar-refractivity contribution in [1.29, 1.82) is 0 Å². The molecule has 0 aliphatic carbocycles. The van der Waals surface area contributed by atoms with Crippen LogP contribution >= 0.6 is 15.9 Å². The molecule has 2 aromatic carbocycles. The van der Waals surface area contributed by atoms with E-state index in [1.807, 2.05) is 0 Å². The van der Waals surface area contributed by atoms with Crippen molar-refractivity contribution >= 4 is 15.9 Å². The second-order valence-corrected chi connectivity index (χ2v) is 6.49. The van der Waals surface area contributed by atoms with Crippen molar-refractivity contribution in [3.8, 4) is 0 Å². The van der Waals surface area contributed by atoms with Crippen molar-refractivity contribution in [2.24, 2.45) is 5.92 Å². The van der Waals surface area contributed by atoms with Crippen LogP contribution in [0.15, 0.2) is 42.5 Å². The summed E-state index contributed by atoms with van der Waals surface area (Å²) >= 11 is 3.69. The number of alkyl halides is 1. The van der Waals surface area contributed by atoms with Gasteiger partial charge in [0.25, 0.3) is 0 Å². The first-order valence-electron chi connectivity index (χ1n) is 7.26. The Morgan fingerprint density at radius 1 is 0.850 bits per heavy atom. The Morgan fingerprint density at radius 2 is 1.50 bits per heavy atom. The van der Waals surface area contributed by atoms with Gasteiger partial charge in [-0.3, -0.25) is 0 Å². The van der Waals surface area contributed by atoms with Crippen molar-refractivity contribution in [3.63, 3.8) is 0 Å². The Morgan fingerprint density at radius 3 is 2.15 bits per heavy atom. The van der Waals surface area contributed by atoms with E-state index in [4.69, 9.17) is 0 Å². The predicted octanol–water partition coefficient (Wildman–Crippen LogP) is 5.41. The fourth-order valence-corrected chi connectivity index (χ4v) is 3.03. The molecule has 2 rings (SSSR count). The van der Waals surface area contributed by atoms with Crippen molar-refractivity contribution in [3.05, 3.63) is 70.3 Å². The summed E-state index contributed by atoms with van der Waals surface area (Å²) < 4.78 is 0. The van der Waals surface area contributed by atoms with E-state index in [-0.39, 0.29) is 0 Å². The molecule has 0 saturated heterocycles. The third kappa shape index (κ3) is 4.21. The van der Waals surface area contributed by atoms with Crippen molar-refractivity contribution in [1.82, 2.24) is 0 Å². The van der Waals surface area contributed by atoms with Crippen LogP contribution in [-0.4, -0.2) is 5.33 Å². The summed E-state index contributed by atoms with van der Waals surface area (Å²) in [5.74, 6) is 0.651. The first-order chi connectivity index (χ1) is 9.58. The van der Waals surface area contributed by atoms with Crippen LogP contribution in [-0.2, 0) is 12.8 Å². The van der Waals surface area contributed by atoms with E-state index in [1.54, 1.807) is 0 Å². The molecule has 0 spiro atoms. The molecule has 0 aliphatic heterocycles. The van der Waals surface area contributed by atoms with E-state index in [0.29, 0.717) is 5.92 Å². The summed E-state index contributed by atoms with van der Waals surface area (Å²) in [6.07, 6.45) is 2.28. The number of benzene rings is 2. The Bertz CT molecular complexity index is 554. The Kier molecular flexibility index (Phi) is 5.42. The van der Waals surface area contributed by atoms with Crippen LogP contribution < -0.4 is 0 Å². The summed E-state index contributed by atoms with van der Waals surface area (Å²) in [4.78, 5) is 0. The second kappa shape index (κ2) is 7.08. The number of rotatable bonds is 5. The lowest BCUT2D eigenvalue weighted by molar-refractivity contribution is 0.589. The smallest absolute Gasteiger partial charge is 0.00660 e. The summed E-state index contributed by atoms with van der Waals surface area (Å²) in [6, 6.07) is 15.7. The van der Waals surface area contributed by atoms with E-state index in [2.05, 4.69) is 79.2 Å². The second-order valence-electron chi connectivity index (χ2n) is 5.84. The predicted molar refractivity (Wildman–Crippen MR) is 91.8 cm³/mol. The maximum Gasteiger partial charge on any atom is 0.00660 e. The summed E-state index contributed by atoms with van der Waals surface area (Å²) in [6.45, 7) is 6.53. The van der Waals surface area contributed by atoms with Crippen LogP contribution in [0, 0.1) is 26.7 Å².